The van der Waals surface area contributed by atoms with Crippen molar-refractivity contribution in [2.45, 2.75) is 37.0 Å². The van der Waals surface area contributed by atoms with Gasteiger partial charge in [0.1, 0.15) is 0 Å². The van der Waals surface area contributed by atoms with Crippen molar-refractivity contribution in [3.8, 4) is 11.8 Å². The monoisotopic (exact) mass is 336 g/mol. The van der Waals surface area contributed by atoms with Gasteiger partial charge in [-0.25, -0.2) is 4.79 Å². The minimum absolute atomic E-state index is 0.233. The average Bonchev–Trinajstić information content (AvgIpc) is 2.55. The van der Waals surface area contributed by atoms with Gasteiger partial charge in [-0.1, -0.05) is 43.9 Å². The largest absolute Gasteiger partial charge is 0.478 e. The third-order valence-corrected chi connectivity index (χ3v) is 5.62. The minimum Gasteiger partial charge on any atom is -0.478 e. The number of thioether (sulfide) groups is 1. The smallest absolute Gasteiger partial charge is 0.335 e. The van der Waals surface area contributed by atoms with Crippen molar-refractivity contribution in [1.29, 1.82) is 0 Å². The highest BCUT2D eigenvalue weighted by Crippen LogP contribution is 2.43. The van der Waals surface area contributed by atoms with Crippen LogP contribution in [-0.4, -0.2) is 16.8 Å². The van der Waals surface area contributed by atoms with E-state index < -0.39 is 5.97 Å². The number of hydrogen-bond donors (Lipinski definition) is 1. The number of rotatable bonds is 2. The first-order valence-electron chi connectivity index (χ1n) is 8.05. The number of hydrogen-bond acceptors (Lipinski definition) is 2. The lowest BCUT2D eigenvalue weighted by atomic mass is 9.81. The minimum atomic E-state index is -0.912. The zero-order valence-corrected chi connectivity index (χ0v) is 14.7. The Morgan fingerprint density at radius 2 is 1.96 bits per heavy atom. The summed E-state index contributed by atoms with van der Waals surface area (Å²) >= 11 is 1.94. The molecule has 3 rings (SSSR count). The van der Waals surface area contributed by atoms with Crippen LogP contribution in [-0.2, 0) is 11.8 Å². The van der Waals surface area contributed by atoms with Gasteiger partial charge in [0, 0.05) is 16.9 Å². The van der Waals surface area contributed by atoms with Gasteiger partial charge >= 0.3 is 5.97 Å². The van der Waals surface area contributed by atoms with Crippen molar-refractivity contribution in [2.75, 3.05) is 5.75 Å². The maximum absolute atomic E-state index is 10.9. The van der Waals surface area contributed by atoms with Crippen molar-refractivity contribution >= 4 is 17.7 Å². The number of aromatic carboxylic acids is 1. The van der Waals surface area contributed by atoms with Gasteiger partial charge in [0.15, 0.2) is 0 Å². The number of carbonyl (C=O) groups is 1. The van der Waals surface area contributed by atoms with Crippen LogP contribution in [0.1, 0.15) is 47.3 Å². The molecule has 0 spiro atoms. The van der Waals surface area contributed by atoms with E-state index in [0.717, 1.165) is 11.3 Å². The van der Waals surface area contributed by atoms with E-state index in [4.69, 9.17) is 5.11 Å². The molecule has 0 bridgehead atoms. The lowest BCUT2D eigenvalue weighted by molar-refractivity contribution is 0.0697. The highest BCUT2D eigenvalue weighted by atomic mass is 32.2. The van der Waals surface area contributed by atoms with Crippen LogP contribution in [0.15, 0.2) is 47.4 Å². The maximum atomic E-state index is 10.9. The number of carboxylic acid groups (broad SMARTS) is 1. The summed E-state index contributed by atoms with van der Waals surface area (Å²) in [6.45, 7) is 4.62. The molecule has 1 N–H and O–H groups in total. The van der Waals surface area contributed by atoms with Crippen LogP contribution in [0.4, 0.5) is 0 Å². The zero-order valence-electron chi connectivity index (χ0n) is 13.9. The summed E-state index contributed by atoms with van der Waals surface area (Å²) in [5.41, 5.74) is 4.09. The summed E-state index contributed by atoms with van der Waals surface area (Å²) in [5.74, 6) is 6.61. The first kappa shape index (κ1) is 16.7. The lowest BCUT2D eigenvalue weighted by Gasteiger charge is -2.33. The first-order chi connectivity index (χ1) is 11.5. The van der Waals surface area contributed by atoms with Gasteiger partial charge in [0.25, 0.3) is 0 Å². The van der Waals surface area contributed by atoms with Gasteiger partial charge in [-0.05, 0) is 53.0 Å². The highest BCUT2D eigenvalue weighted by Gasteiger charge is 2.28. The summed E-state index contributed by atoms with van der Waals surface area (Å²) < 4.78 is 0. The highest BCUT2D eigenvalue weighted by molar-refractivity contribution is 7.99. The van der Waals surface area contributed by atoms with Crippen molar-refractivity contribution in [3.63, 3.8) is 0 Å². The van der Waals surface area contributed by atoms with E-state index in [1.54, 1.807) is 24.3 Å². The van der Waals surface area contributed by atoms with Crippen molar-refractivity contribution in [2.24, 2.45) is 0 Å². The Morgan fingerprint density at radius 1 is 1.21 bits per heavy atom. The molecule has 0 unspecified atom stereocenters. The second-order valence-corrected chi connectivity index (χ2v) is 7.74. The molecule has 2 aromatic carbocycles. The third-order valence-electron chi connectivity index (χ3n) is 4.44. The Balaban J connectivity index is 1.80. The summed E-state index contributed by atoms with van der Waals surface area (Å²) in [7, 11) is 0. The fourth-order valence-electron chi connectivity index (χ4n) is 2.91. The van der Waals surface area contributed by atoms with E-state index >= 15 is 0 Å². The molecule has 24 heavy (non-hydrogen) atoms. The molecule has 0 fully saturated rings. The van der Waals surface area contributed by atoms with Crippen LogP contribution >= 0.6 is 11.8 Å². The van der Waals surface area contributed by atoms with E-state index in [9.17, 15) is 4.79 Å². The van der Waals surface area contributed by atoms with Crippen LogP contribution in [0, 0.1) is 11.8 Å². The predicted octanol–water partition coefficient (Wildman–Crippen LogP) is 4.75. The van der Waals surface area contributed by atoms with Crippen LogP contribution in [0.5, 0.6) is 0 Å². The molecule has 0 atom stereocenters. The molecule has 0 saturated heterocycles. The van der Waals surface area contributed by atoms with Gasteiger partial charge in [0.05, 0.1) is 5.56 Å². The molecule has 1 heterocycles. The fourth-order valence-corrected chi connectivity index (χ4v) is 4.55. The average molecular weight is 336 g/mol. The molecule has 1 aliphatic heterocycles. The quantitative estimate of drug-likeness (QED) is 0.804. The van der Waals surface area contributed by atoms with Crippen LogP contribution < -0.4 is 0 Å². The fraction of sp³-hybridized carbons (Fsp3) is 0.286. The second-order valence-electron chi connectivity index (χ2n) is 6.64. The molecule has 0 amide bonds. The number of carboxylic acids is 1. The Morgan fingerprint density at radius 3 is 2.67 bits per heavy atom. The molecule has 1 aliphatic rings. The van der Waals surface area contributed by atoms with E-state index in [1.165, 1.54) is 22.4 Å². The topological polar surface area (TPSA) is 37.3 Å². The summed E-state index contributed by atoms with van der Waals surface area (Å²) in [4.78, 5) is 12.3. The molecule has 2 aromatic rings. The Hall–Kier alpha value is -2.18. The maximum Gasteiger partial charge on any atom is 0.335 e. The van der Waals surface area contributed by atoms with Gasteiger partial charge in [-0.2, -0.15) is 0 Å². The van der Waals surface area contributed by atoms with Crippen molar-refractivity contribution in [3.05, 3.63) is 64.7 Å². The van der Waals surface area contributed by atoms with E-state index in [2.05, 4.69) is 43.9 Å². The molecule has 0 aromatic heterocycles. The van der Waals surface area contributed by atoms with Crippen LogP contribution in [0.25, 0.3) is 0 Å². The van der Waals surface area contributed by atoms with Gasteiger partial charge in [-0.15, -0.1) is 11.8 Å². The third kappa shape index (κ3) is 3.49. The SMILES string of the molecule is CC1(C)CCSc2c(CC#Cc3ccc(C(=O)O)cc3)cccc21. The van der Waals surface area contributed by atoms with Crippen molar-refractivity contribution < 1.29 is 9.90 Å². The van der Waals surface area contributed by atoms with E-state index in [-0.39, 0.29) is 11.0 Å². The zero-order chi connectivity index (χ0) is 17.2. The number of benzene rings is 2. The Bertz CT molecular complexity index is 823. The van der Waals surface area contributed by atoms with Gasteiger partial charge in [0.2, 0.25) is 0 Å². The Kier molecular flexibility index (Phi) is 4.69. The predicted molar refractivity (Wildman–Crippen MR) is 98.8 cm³/mol. The molecule has 3 heteroatoms. The number of fused-ring (bicyclic) bond motifs is 1. The van der Waals surface area contributed by atoms with Crippen molar-refractivity contribution in [1.82, 2.24) is 0 Å². The summed E-state index contributed by atoms with van der Waals surface area (Å²) in [6, 6.07) is 13.2. The van der Waals surface area contributed by atoms with E-state index in [0.29, 0.717) is 6.42 Å². The second kappa shape index (κ2) is 6.75. The standard InChI is InChI=1S/C21H20O2S/c1-21(2)13-14-24-19-16(7-4-8-18(19)21)6-3-5-15-9-11-17(12-10-15)20(22)23/h4,7-12H,6,13-14H2,1-2H3,(H,22,23). The van der Waals surface area contributed by atoms with Crippen LogP contribution in [0.3, 0.4) is 0 Å². The molecule has 2 nitrogen and oxygen atoms in total. The normalized spacial score (nSPS) is 15.1. The van der Waals surface area contributed by atoms with Crippen LogP contribution in [0.2, 0.25) is 0 Å². The summed E-state index contributed by atoms with van der Waals surface area (Å²) in [6.07, 6.45) is 1.92. The van der Waals surface area contributed by atoms with Gasteiger partial charge < -0.3 is 5.11 Å². The molecule has 0 aliphatic carbocycles. The molecule has 0 radical (unpaired) electrons. The Labute approximate surface area is 147 Å². The van der Waals surface area contributed by atoms with Gasteiger partial charge in [-0.3, -0.25) is 0 Å². The molecule has 0 saturated carbocycles. The molecule has 122 valence electrons. The molecular formula is C21H20O2S. The lowest BCUT2D eigenvalue weighted by Crippen LogP contribution is -2.23. The van der Waals surface area contributed by atoms with E-state index in [1.807, 2.05) is 11.8 Å². The summed E-state index contributed by atoms with van der Waals surface area (Å²) in [5, 5.41) is 8.92. The first-order valence-corrected chi connectivity index (χ1v) is 9.03. The molecular weight excluding hydrogens is 316 g/mol.